The number of nitrogens with one attached hydrogen (secondary N) is 1. The summed E-state index contributed by atoms with van der Waals surface area (Å²) in [6, 6.07) is 25.2. The Morgan fingerprint density at radius 2 is 1.55 bits per heavy atom. The van der Waals surface area contributed by atoms with Gasteiger partial charge in [0.05, 0.1) is 5.92 Å². The highest BCUT2D eigenvalue weighted by Crippen LogP contribution is 2.28. The molecule has 170 valence electrons. The fraction of sp³-hybridized carbons (Fsp3) is 0.286. The van der Waals surface area contributed by atoms with Gasteiger partial charge in [0.1, 0.15) is 11.5 Å². The maximum Gasteiger partial charge on any atom is 0.229 e. The molecule has 1 aliphatic heterocycles. The van der Waals surface area contributed by atoms with Gasteiger partial charge in [0, 0.05) is 25.2 Å². The van der Waals surface area contributed by atoms with Crippen LogP contribution in [0.25, 0.3) is 0 Å². The van der Waals surface area contributed by atoms with E-state index in [0.717, 1.165) is 11.3 Å². The molecule has 0 saturated carbocycles. The third kappa shape index (κ3) is 5.80. The average Bonchev–Trinajstić information content (AvgIpc) is 3.16. The van der Waals surface area contributed by atoms with E-state index >= 15 is 0 Å². The zero-order valence-electron chi connectivity index (χ0n) is 19.4. The molecular weight excluding hydrogens is 412 g/mol. The highest BCUT2D eigenvalue weighted by Gasteiger charge is 2.34. The Morgan fingerprint density at radius 3 is 2.15 bits per heavy atom. The van der Waals surface area contributed by atoms with E-state index in [1.165, 1.54) is 5.56 Å². The van der Waals surface area contributed by atoms with Gasteiger partial charge in [-0.3, -0.25) is 9.59 Å². The number of nitrogens with zero attached hydrogens (tertiary/aromatic N) is 1. The molecule has 5 heteroatoms. The molecule has 3 aromatic carbocycles. The lowest BCUT2D eigenvalue weighted by atomic mass is 9.87. The second kappa shape index (κ2) is 9.49. The second-order valence-electron chi connectivity index (χ2n) is 9.55. The first-order valence-corrected chi connectivity index (χ1v) is 11.3. The molecule has 1 heterocycles. The molecule has 0 aromatic heterocycles. The molecule has 0 aliphatic carbocycles. The molecule has 0 spiro atoms. The van der Waals surface area contributed by atoms with Crippen LogP contribution in [0.2, 0.25) is 0 Å². The van der Waals surface area contributed by atoms with Gasteiger partial charge < -0.3 is 15.0 Å². The van der Waals surface area contributed by atoms with Crippen molar-refractivity contribution in [3.63, 3.8) is 0 Å². The van der Waals surface area contributed by atoms with Gasteiger partial charge >= 0.3 is 0 Å². The van der Waals surface area contributed by atoms with Crippen LogP contribution in [0.15, 0.2) is 78.9 Å². The average molecular weight is 443 g/mol. The molecule has 0 radical (unpaired) electrons. The smallest absolute Gasteiger partial charge is 0.229 e. The minimum absolute atomic E-state index is 0.0141. The van der Waals surface area contributed by atoms with Crippen molar-refractivity contribution in [1.82, 2.24) is 4.90 Å². The van der Waals surface area contributed by atoms with Gasteiger partial charge in [0.25, 0.3) is 0 Å². The van der Waals surface area contributed by atoms with E-state index in [2.05, 4.69) is 38.2 Å². The van der Waals surface area contributed by atoms with E-state index in [1.807, 2.05) is 66.7 Å². The number of carbonyl (C=O) groups excluding carboxylic acids is 2. The predicted molar refractivity (Wildman–Crippen MR) is 130 cm³/mol. The van der Waals surface area contributed by atoms with Crippen LogP contribution in [0, 0.1) is 5.92 Å². The van der Waals surface area contributed by atoms with Crippen molar-refractivity contribution in [2.45, 2.75) is 39.2 Å². The summed E-state index contributed by atoms with van der Waals surface area (Å²) in [6.45, 7) is 7.51. The Hall–Kier alpha value is -3.60. The van der Waals surface area contributed by atoms with Crippen molar-refractivity contribution in [1.29, 1.82) is 0 Å². The summed E-state index contributed by atoms with van der Waals surface area (Å²) < 4.78 is 5.93. The molecule has 33 heavy (non-hydrogen) atoms. The lowest BCUT2D eigenvalue weighted by molar-refractivity contribution is -0.128. The normalized spacial score (nSPS) is 16.0. The summed E-state index contributed by atoms with van der Waals surface area (Å²) in [6.07, 6.45) is 0.240. The van der Waals surface area contributed by atoms with Crippen molar-refractivity contribution in [3.05, 3.63) is 90.0 Å². The zero-order chi connectivity index (χ0) is 23.4. The number of rotatable bonds is 6. The zero-order valence-corrected chi connectivity index (χ0v) is 19.4. The third-order valence-electron chi connectivity index (χ3n) is 5.88. The van der Waals surface area contributed by atoms with Crippen molar-refractivity contribution >= 4 is 17.5 Å². The lowest BCUT2D eigenvalue weighted by Gasteiger charge is -2.19. The summed E-state index contributed by atoms with van der Waals surface area (Å²) in [4.78, 5) is 26.8. The van der Waals surface area contributed by atoms with E-state index in [-0.39, 0.29) is 29.6 Å². The van der Waals surface area contributed by atoms with E-state index in [9.17, 15) is 9.59 Å². The first kappa shape index (κ1) is 22.6. The molecule has 1 N–H and O–H groups in total. The summed E-state index contributed by atoms with van der Waals surface area (Å²) in [5.74, 6) is 0.994. The van der Waals surface area contributed by atoms with Crippen LogP contribution in [0.1, 0.15) is 38.3 Å². The highest BCUT2D eigenvalue weighted by atomic mass is 16.5. The SMILES string of the molecule is CC(C)(C)c1ccc(Oc2ccc(NC(=O)[C@@H]3CC(=O)N(Cc4ccccc4)C3)cc2)cc1. The number of likely N-dealkylation sites (tertiary alicyclic amines) is 1. The van der Waals surface area contributed by atoms with Gasteiger partial charge in [-0.15, -0.1) is 0 Å². The van der Waals surface area contributed by atoms with Gasteiger partial charge in [-0.05, 0) is 52.9 Å². The molecule has 1 fully saturated rings. The van der Waals surface area contributed by atoms with Gasteiger partial charge in [0.15, 0.2) is 0 Å². The van der Waals surface area contributed by atoms with E-state index in [4.69, 9.17) is 4.74 Å². The number of carbonyl (C=O) groups is 2. The minimum atomic E-state index is -0.349. The van der Waals surface area contributed by atoms with E-state index < -0.39 is 0 Å². The molecule has 0 unspecified atom stereocenters. The van der Waals surface area contributed by atoms with Gasteiger partial charge in [0.2, 0.25) is 11.8 Å². The predicted octanol–water partition coefficient (Wildman–Crippen LogP) is 5.76. The molecular formula is C28H30N2O3. The number of benzene rings is 3. The van der Waals surface area contributed by atoms with Crippen LogP contribution in [-0.2, 0) is 21.5 Å². The van der Waals surface area contributed by atoms with E-state index in [0.29, 0.717) is 24.5 Å². The Balaban J connectivity index is 1.31. The van der Waals surface area contributed by atoms with Crippen LogP contribution >= 0.6 is 0 Å². The molecule has 0 bridgehead atoms. The summed E-state index contributed by atoms with van der Waals surface area (Å²) >= 11 is 0. The standard InChI is InChI=1S/C28H30N2O3/c1-28(2,3)22-9-13-24(14-10-22)33-25-15-11-23(12-16-25)29-27(32)21-17-26(31)30(19-21)18-20-7-5-4-6-8-20/h4-16,21H,17-19H2,1-3H3,(H,29,32)/t21-/m1/s1. The highest BCUT2D eigenvalue weighted by molar-refractivity contribution is 5.97. The second-order valence-corrected chi connectivity index (χ2v) is 9.55. The maximum absolute atomic E-state index is 12.7. The van der Waals surface area contributed by atoms with Crippen LogP contribution < -0.4 is 10.1 Å². The number of hydrogen-bond acceptors (Lipinski definition) is 3. The number of anilines is 1. The van der Waals surface area contributed by atoms with Gasteiger partial charge in [-0.25, -0.2) is 0 Å². The maximum atomic E-state index is 12.7. The Labute approximate surface area is 195 Å². The summed E-state index contributed by atoms with van der Waals surface area (Å²) in [5.41, 5.74) is 3.10. The van der Waals surface area contributed by atoms with Crippen molar-refractivity contribution in [2.75, 3.05) is 11.9 Å². The van der Waals surface area contributed by atoms with Crippen LogP contribution in [0.4, 0.5) is 5.69 Å². The van der Waals surface area contributed by atoms with Crippen molar-refractivity contribution in [3.8, 4) is 11.5 Å². The summed E-state index contributed by atoms with van der Waals surface area (Å²) in [5, 5.41) is 2.93. The largest absolute Gasteiger partial charge is 0.457 e. The molecule has 1 saturated heterocycles. The van der Waals surface area contributed by atoms with Crippen molar-refractivity contribution < 1.29 is 14.3 Å². The molecule has 5 nitrogen and oxygen atoms in total. The quantitative estimate of drug-likeness (QED) is 0.528. The first-order chi connectivity index (χ1) is 15.8. The van der Waals surface area contributed by atoms with Gasteiger partial charge in [-0.2, -0.15) is 0 Å². The Morgan fingerprint density at radius 1 is 0.939 bits per heavy atom. The lowest BCUT2D eigenvalue weighted by Crippen LogP contribution is -2.28. The van der Waals surface area contributed by atoms with Crippen molar-refractivity contribution in [2.24, 2.45) is 5.92 Å². The Kier molecular flexibility index (Phi) is 6.50. The number of hydrogen-bond donors (Lipinski definition) is 1. The van der Waals surface area contributed by atoms with E-state index in [1.54, 1.807) is 4.90 Å². The Bertz CT molecular complexity index is 1100. The van der Waals surface area contributed by atoms with Crippen LogP contribution in [0.5, 0.6) is 11.5 Å². The first-order valence-electron chi connectivity index (χ1n) is 11.3. The molecule has 2 amide bonds. The molecule has 3 aromatic rings. The fourth-order valence-corrected chi connectivity index (χ4v) is 3.91. The monoisotopic (exact) mass is 442 g/mol. The minimum Gasteiger partial charge on any atom is -0.457 e. The van der Waals surface area contributed by atoms with Crippen LogP contribution in [-0.4, -0.2) is 23.3 Å². The molecule has 1 aliphatic rings. The number of amides is 2. The topological polar surface area (TPSA) is 58.6 Å². The third-order valence-corrected chi connectivity index (χ3v) is 5.88. The fourth-order valence-electron chi connectivity index (χ4n) is 3.91. The number of ether oxygens (including phenoxy) is 1. The molecule has 4 rings (SSSR count). The van der Waals surface area contributed by atoms with Gasteiger partial charge in [-0.1, -0.05) is 63.2 Å². The molecule has 1 atom stereocenters. The summed E-state index contributed by atoms with van der Waals surface area (Å²) in [7, 11) is 0. The van der Waals surface area contributed by atoms with Crippen LogP contribution in [0.3, 0.4) is 0 Å².